The first-order valence-corrected chi connectivity index (χ1v) is 4.40. The Morgan fingerprint density at radius 3 is 2.15 bits per heavy atom. The third-order valence-electron chi connectivity index (χ3n) is 2.05. The molecule has 0 heterocycles. The van der Waals surface area contributed by atoms with Crippen molar-refractivity contribution in [2.24, 2.45) is 33.1 Å². The largest absolute Gasteiger partial charge is 0.370 e. The Labute approximate surface area is 79.1 Å². The molecule has 0 saturated carbocycles. The van der Waals surface area contributed by atoms with Crippen molar-refractivity contribution in [1.29, 1.82) is 0 Å². The molecule has 0 saturated heterocycles. The summed E-state index contributed by atoms with van der Waals surface area (Å²) in [6.07, 6.45) is 1.06. The van der Waals surface area contributed by atoms with E-state index >= 15 is 0 Å². The average Bonchev–Trinajstić information content (AvgIpc) is 2.01. The summed E-state index contributed by atoms with van der Waals surface area (Å²) in [5.41, 5.74) is 15.8. The van der Waals surface area contributed by atoms with Crippen molar-refractivity contribution < 1.29 is 0 Å². The maximum absolute atomic E-state index is 5.47. The minimum absolute atomic E-state index is 0.0578. The van der Waals surface area contributed by atoms with Gasteiger partial charge in [0.2, 0.25) is 5.96 Å². The molecular weight excluding hydrogens is 166 g/mol. The molecule has 2 atom stereocenters. The predicted molar refractivity (Wildman–Crippen MR) is 56.3 cm³/mol. The lowest BCUT2D eigenvalue weighted by Crippen LogP contribution is -2.27. The summed E-state index contributed by atoms with van der Waals surface area (Å²) in [6.45, 7) is 6.20. The Morgan fingerprint density at radius 2 is 1.77 bits per heavy atom. The van der Waals surface area contributed by atoms with Crippen LogP contribution in [0.15, 0.2) is 9.98 Å². The van der Waals surface area contributed by atoms with Crippen LogP contribution >= 0.6 is 0 Å². The average molecular weight is 185 g/mol. The molecule has 76 valence electrons. The van der Waals surface area contributed by atoms with Gasteiger partial charge in [-0.1, -0.05) is 20.3 Å². The summed E-state index contributed by atoms with van der Waals surface area (Å²) in [5.74, 6) is 0.568. The third kappa shape index (κ3) is 5.05. The molecular formula is C8H19N5. The summed E-state index contributed by atoms with van der Waals surface area (Å²) < 4.78 is 0. The molecule has 0 aromatic rings. The predicted octanol–water partition coefficient (Wildman–Crippen LogP) is 0.00910. The Morgan fingerprint density at radius 1 is 1.23 bits per heavy atom. The fraction of sp³-hybridized carbons (Fsp3) is 0.750. The lowest BCUT2D eigenvalue weighted by Gasteiger charge is -2.13. The lowest BCUT2D eigenvalue weighted by atomic mass is 10.0. The first-order valence-electron chi connectivity index (χ1n) is 4.40. The molecule has 13 heavy (non-hydrogen) atoms. The highest BCUT2D eigenvalue weighted by Gasteiger charge is 2.08. The number of nitrogens with zero attached hydrogens (tertiary/aromatic N) is 2. The van der Waals surface area contributed by atoms with E-state index in [-0.39, 0.29) is 18.0 Å². The highest BCUT2D eigenvalue weighted by Crippen LogP contribution is 2.10. The first kappa shape index (κ1) is 11.7. The summed E-state index contributed by atoms with van der Waals surface area (Å²) in [4.78, 5) is 7.77. The van der Waals surface area contributed by atoms with E-state index < -0.39 is 0 Å². The van der Waals surface area contributed by atoms with Crippen LogP contribution in [0.25, 0.3) is 0 Å². The second kappa shape index (κ2) is 5.40. The highest BCUT2D eigenvalue weighted by molar-refractivity contribution is 5.92. The zero-order valence-electron chi connectivity index (χ0n) is 8.49. The van der Waals surface area contributed by atoms with Crippen molar-refractivity contribution in [1.82, 2.24) is 0 Å². The van der Waals surface area contributed by atoms with Crippen LogP contribution in [0.4, 0.5) is 0 Å². The number of aliphatic imine (C=N–C) groups is 2. The number of nitrogens with two attached hydrogens (primary N) is 3. The van der Waals surface area contributed by atoms with Crippen LogP contribution in [-0.2, 0) is 0 Å². The van der Waals surface area contributed by atoms with Crippen LogP contribution in [0.3, 0.4) is 0 Å². The molecule has 0 aliphatic rings. The van der Waals surface area contributed by atoms with E-state index in [1.807, 2.05) is 6.92 Å². The van der Waals surface area contributed by atoms with Crippen molar-refractivity contribution in [3.8, 4) is 0 Å². The molecule has 0 aliphatic carbocycles. The van der Waals surface area contributed by atoms with Crippen LogP contribution in [0.1, 0.15) is 27.2 Å². The number of guanidine groups is 2. The minimum atomic E-state index is -0.0578. The molecule has 5 heteroatoms. The van der Waals surface area contributed by atoms with Gasteiger partial charge in [-0.2, -0.15) is 4.99 Å². The molecule has 0 aromatic heterocycles. The number of hydrogen-bond donors (Lipinski definition) is 3. The van der Waals surface area contributed by atoms with Gasteiger partial charge in [0.25, 0.3) is 0 Å². The van der Waals surface area contributed by atoms with Gasteiger partial charge < -0.3 is 17.2 Å². The molecule has 0 rings (SSSR count). The van der Waals surface area contributed by atoms with Gasteiger partial charge in [0.05, 0.1) is 6.04 Å². The topological polar surface area (TPSA) is 103 Å². The van der Waals surface area contributed by atoms with Crippen LogP contribution in [0.5, 0.6) is 0 Å². The summed E-state index contributed by atoms with van der Waals surface area (Å²) in [7, 11) is 0. The highest BCUT2D eigenvalue weighted by atomic mass is 15.1. The van der Waals surface area contributed by atoms with Gasteiger partial charge in [-0.05, 0) is 12.8 Å². The van der Waals surface area contributed by atoms with Gasteiger partial charge in [-0.15, -0.1) is 0 Å². The zero-order valence-corrected chi connectivity index (χ0v) is 8.49. The smallest absolute Gasteiger partial charge is 0.218 e. The van der Waals surface area contributed by atoms with Gasteiger partial charge in [0, 0.05) is 0 Å². The lowest BCUT2D eigenvalue weighted by molar-refractivity contribution is 0.471. The molecule has 0 amide bonds. The van der Waals surface area contributed by atoms with E-state index in [9.17, 15) is 0 Å². The van der Waals surface area contributed by atoms with Gasteiger partial charge in [0.1, 0.15) is 0 Å². The van der Waals surface area contributed by atoms with Crippen molar-refractivity contribution >= 4 is 11.9 Å². The van der Waals surface area contributed by atoms with Gasteiger partial charge >= 0.3 is 0 Å². The van der Waals surface area contributed by atoms with E-state index in [0.717, 1.165) is 6.42 Å². The van der Waals surface area contributed by atoms with E-state index in [1.54, 1.807) is 0 Å². The summed E-state index contributed by atoms with van der Waals surface area (Å²) >= 11 is 0. The van der Waals surface area contributed by atoms with Crippen molar-refractivity contribution in [3.05, 3.63) is 0 Å². The van der Waals surface area contributed by atoms with E-state index in [4.69, 9.17) is 17.2 Å². The number of rotatable bonds is 3. The Bertz CT molecular complexity index is 205. The molecule has 6 N–H and O–H groups in total. The van der Waals surface area contributed by atoms with Crippen LogP contribution in [-0.4, -0.2) is 18.0 Å². The maximum Gasteiger partial charge on any atom is 0.218 e. The fourth-order valence-corrected chi connectivity index (χ4v) is 0.838. The molecule has 0 aliphatic heterocycles. The zero-order chi connectivity index (χ0) is 10.4. The van der Waals surface area contributed by atoms with Crippen LogP contribution in [0.2, 0.25) is 0 Å². The van der Waals surface area contributed by atoms with E-state index in [0.29, 0.717) is 5.92 Å². The van der Waals surface area contributed by atoms with Gasteiger partial charge in [-0.25, -0.2) is 4.99 Å². The minimum Gasteiger partial charge on any atom is -0.370 e. The third-order valence-corrected chi connectivity index (χ3v) is 2.05. The van der Waals surface area contributed by atoms with Crippen LogP contribution < -0.4 is 17.2 Å². The van der Waals surface area contributed by atoms with Gasteiger partial charge in [-0.3, -0.25) is 0 Å². The standard InChI is InChI=1S/C8H19N5/c1-4-5(2)6(3)12-8(11)13-7(9)10/h5-6H,4H2,1-3H3,(H6,9,10,11,12,13). The van der Waals surface area contributed by atoms with Gasteiger partial charge in [0.15, 0.2) is 5.96 Å². The first-order chi connectivity index (χ1) is 5.97. The SMILES string of the molecule is CCC(C)C(C)N=C(N)N=C(N)N. The maximum atomic E-state index is 5.47. The quantitative estimate of drug-likeness (QED) is 0.426. The van der Waals surface area contributed by atoms with E-state index in [1.165, 1.54) is 0 Å². The van der Waals surface area contributed by atoms with Crippen molar-refractivity contribution in [2.45, 2.75) is 33.2 Å². The molecule has 5 nitrogen and oxygen atoms in total. The summed E-state index contributed by atoms with van der Waals surface area (Å²) in [5, 5.41) is 0. The Hall–Kier alpha value is -1.26. The second-order valence-electron chi connectivity index (χ2n) is 3.15. The van der Waals surface area contributed by atoms with E-state index in [2.05, 4.69) is 23.8 Å². The molecule has 0 spiro atoms. The molecule has 0 radical (unpaired) electrons. The molecule has 0 aromatic carbocycles. The van der Waals surface area contributed by atoms with Crippen LogP contribution in [0, 0.1) is 5.92 Å². The molecule has 2 unspecified atom stereocenters. The number of hydrogen-bond acceptors (Lipinski definition) is 1. The monoisotopic (exact) mass is 185 g/mol. The second-order valence-corrected chi connectivity index (χ2v) is 3.15. The summed E-state index contributed by atoms with van der Waals surface area (Å²) in [6, 6.07) is 0.146. The molecule has 0 bridgehead atoms. The van der Waals surface area contributed by atoms with Crippen molar-refractivity contribution in [2.75, 3.05) is 0 Å². The van der Waals surface area contributed by atoms with Crippen molar-refractivity contribution in [3.63, 3.8) is 0 Å². The Balaban J connectivity index is 4.30. The molecule has 0 fully saturated rings. The fourth-order valence-electron chi connectivity index (χ4n) is 0.838. The normalized spacial score (nSPS) is 16.4. The Kier molecular flexibility index (Phi) is 4.87.